The molecule has 0 aliphatic carbocycles. The minimum atomic E-state index is -3.88. The van der Waals surface area contributed by atoms with Crippen molar-refractivity contribution in [1.82, 2.24) is 0 Å². The molecule has 3 unspecified atom stereocenters. The quantitative estimate of drug-likeness (QED) is 0.186. The molecule has 0 radical (unpaired) electrons. The monoisotopic (exact) mass is 566 g/mol. The lowest BCUT2D eigenvalue weighted by Gasteiger charge is -2.41. The van der Waals surface area contributed by atoms with Crippen molar-refractivity contribution in [3.63, 3.8) is 0 Å². The fraction of sp³-hybridized carbons (Fsp3) is 0.739. The zero-order valence-corrected chi connectivity index (χ0v) is 27.2. The SMILES string of the molecule is CCOP(=O)(OCC)C(C)(O[Si](C)(C)C)c1cc(C)cc2c1OP(=O)(OCC)C2(C)O[Si](C)(C)C. The van der Waals surface area contributed by atoms with Gasteiger partial charge >= 0.3 is 15.2 Å². The molecule has 1 aromatic carbocycles. The number of benzene rings is 1. The summed E-state index contributed by atoms with van der Waals surface area (Å²) < 4.78 is 65.5. The average molecular weight is 567 g/mol. The molecule has 1 aliphatic heterocycles. The summed E-state index contributed by atoms with van der Waals surface area (Å²) in [4.78, 5) is 0. The number of rotatable bonds is 12. The Balaban J connectivity index is 2.97. The molecule has 0 N–H and O–H groups in total. The molecule has 1 heterocycles. The number of aryl methyl sites for hydroxylation is 1. The van der Waals surface area contributed by atoms with E-state index < -0.39 is 42.5 Å². The largest absolute Gasteiger partial charge is 0.421 e. The molecule has 0 aromatic heterocycles. The summed E-state index contributed by atoms with van der Waals surface area (Å²) in [6, 6.07) is 3.75. The second-order valence-electron chi connectivity index (χ2n) is 10.9. The predicted octanol–water partition coefficient (Wildman–Crippen LogP) is 7.93. The van der Waals surface area contributed by atoms with Gasteiger partial charge in [0.2, 0.25) is 0 Å². The van der Waals surface area contributed by atoms with E-state index in [0.29, 0.717) is 16.9 Å². The van der Waals surface area contributed by atoms with E-state index >= 15 is 0 Å². The predicted molar refractivity (Wildman–Crippen MR) is 145 cm³/mol. The molecule has 8 nitrogen and oxygen atoms in total. The van der Waals surface area contributed by atoms with Crippen LogP contribution in [0.1, 0.15) is 51.3 Å². The molecule has 0 saturated heterocycles. The minimum Gasteiger partial charge on any atom is -0.421 e. The van der Waals surface area contributed by atoms with Gasteiger partial charge in [-0.1, -0.05) is 5.56 Å². The Morgan fingerprint density at radius 3 is 1.97 bits per heavy atom. The molecule has 0 fully saturated rings. The van der Waals surface area contributed by atoms with Gasteiger partial charge in [-0.3, -0.25) is 9.09 Å². The highest BCUT2D eigenvalue weighted by Gasteiger charge is 2.63. The van der Waals surface area contributed by atoms with Crippen LogP contribution in [0.25, 0.3) is 0 Å². The third-order valence-corrected chi connectivity index (χ3v) is 12.8. The molecule has 0 saturated carbocycles. The van der Waals surface area contributed by atoms with Crippen LogP contribution in [0.5, 0.6) is 5.75 Å². The molecule has 0 amide bonds. The summed E-state index contributed by atoms with van der Waals surface area (Å²) in [5, 5.41) is -2.84. The fourth-order valence-electron chi connectivity index (χ4n) is 4.42. The molecule has 2 rings (SSSR count). The van der Waals surface area contributed by atoms with Crippen molar-refractivity contribution in [2.75, 3.05) is 19.8 Å². The van der Waals surface area contributed by atoms with Gasteiger partial charge in [0.1, 0.15) is 5.75 Å². The Kier molecular flexibility index (Phi) is 9.25. The van der Waals surface area contributed by atoms with E-state index in [1.165, 1.54) is 0 Å². The minimum absolute atomic E-state index is 0.171. The van der Waals surface area contributed by atoms with E-state index in [2.05, 4.69) is 0 Å². The number of hydrogen-bond donors (Lipinski definition) is 0. The van der Waals surface area contributed by atoms with Gasteiger partial charge in [-0.25, -0.2) is 4.57 Å². The molecule has 1 aromatic rings. The smallest absolute Gasteiger partial charge is 0.414 e. The molecule has 1 aliphatic rings. The first-order valence-corrected chi connectivity index (χ1v) is 22.1. The topological polar surface area (TPSA) is 89.5 Å². The van der Waals surface area contributed by atoms with E-state index in [0.717, 1.165) is 5.56 Å². The first-order valence-electron chi connectivity index (χ1n) is 12.2. The van der Waals surface area contributed by atoms with E-state index in [1.807, 2.05) is 58.3 Å². The third kappa shape index (κ3) is 6.07. The highest BCUT2D eigenvalue weighted by molar-refractivity contribution is 7.56. The molecule has 0 bridgehead atoms. The van der Waals surface area contributed by atoms with Gasteiger partial charge in [0, 0.05) is 11.1 Å². The standard InChI is InChI=1S/C23H44O8P2Si2/c1-13-26-32(24,27-14-2)22(5,30-34(7,8)9)19-16-18(4)17-20-21(19)29-33(25,28-15-3)23(20,6)31-35(10,11)12/h16-17H,13-15H2,1-12H3. The van der Waals surface area contributed by atoms with Crippen molar-refractivity contribution in [2.45, 2.75) is 91.5 Å². The van der Waals surface area contributed by atoms with Crippen LogP contribution >= 0.6 is 15.2 Å². The Labute approximate surface area is 213 Å². The zero-order valence-electron chi connectivity index (χ0n) is 23.4. The molecule has 35 heavy (non-hydrogen) atoms. The summed E-state index contributed by atoms with van der Waals surface area (Å²) in [5.41, 5.74) is 1.90. The van der Waals surface area contributed by atoms with Crippen LogP contribution in [-0.4, -0.2) is 36.5 Å². The zero-order chi connectivity index (χ0) is 27.1. The lowest BCUT2D eigenvalue weighted by atomic mass is 9.98. The van der Waals surface area contributed by atoms with Gasteiger partial charge in [-0.05, 0) is 93.0 Å². The van der Waals surface area contributed by atoms with E-state index in [1.54, 1.807) is 34.6 Å². The van der Waals surface area contributed by atoms with Gasteiger partial charge in [-0.15, -0.1) is 0 Å². The lowest BCUT2D eigenvalue weighted by molar-refractivity contribution is 0.0930. The fourth-order valence-corrected chi connectivity index (χ4v) is 13.0. The Bertz CT molecular complexity index is 1010. The van der Waals surface area contributed by atoms with Gasteiger partial charge < -0.3 is 22.4 Å². The number of fused-ring (bicyclic) bond motifs is 1. The molecule has 0 spiro atoms. The van der Waals surface area contributed by atoms with Crippen LogP contribution in [-0.2, 0) is 42.2 Å². The van der Waals surface area contributed by atoms with Crippen molar-refractivity contribution in [2.24, 2.45) is 0 Å². The van der Waals surface area contributed by atoms with E-state index in [-0.39, 0.29) is 19.8 Å². The summed E-state index contributed by atoms with van der Waals surface area (Å²) in [5.74, 6) is 0.300. The van der Waals surface area contributed by atoms with E-state index in [9.17, 15) is 9.13 Å². The van der Waals surface area contributed by atoms with Crippen LogP contribution in [0.3, 0.4) is 0 Å². The van der Waals surface area contributed by atoms with Gasteiger partial charge in [0.05, 0.1) is 19.8 Å². The van der Waals surface area contributed by atoms with Gasteiger partial charge in [-0.2, -0.15) is 0 Å². The van der Waals surface area contributed by atoms with Crippen molar-refractivity contribution in [3.8, 4) is 5.75 Å². The molecule has 12 heteroatoms. The Morgan fingerprint density at radius 1 is 1.00 bits per heavy atom. The van der Waals surface area contributed by atoms with Crippen LogP contribution in [0.2, 0.25) is 39.3 Å². The Morgan fingerprint density at radius 2 is 1.54 bits per heavy atom. The molecular weight excluding hydrogens is 522 g/mol. The first-order chi connectivity index (χ1) is 15.8. The van der Waals surface area contributed by atoms with Crippen molar-refractivity contribution >= 4 is 31.8 Å². The summed E-state index contributed by atoms with van der Waals surface area (Å²) in [6.45, 7) is 23.3. The van der Waals surface area contributed by atoms with Crippen LogP contribution in [0.15, 0.2) is 12.1 Å². The average Bonchev–Trinajstić information content (AvgIpc) is 2.86. The van der Waals surface area contributed by atoms with Crippen molar-refractivity contribution in [1.29, 1.82) is 0 Å². The van der Waals surface area contributed by atoms with Crippen LogP contribution in [0.4, 0.5) is 0 Å². The van der Waals surface area contributed by atoms with Gasteiger partial charge in [0.25, 0.3) is 0 Å². The maximum Gasteiger partial charge on any atom is 0.414 e. The summed E-state index contributed by atoms with van der Waals surface area (Å²) in [7, 11) is -12.3. The lowest BCUT2D eigenvalue weighted by Crippen LogP contribution is -2.40. The normalized spacial score (nSPS) is 24.7. The van der Waals surface area contributed by atoms with Crippen LogP contribution in [0, 0.1) is 6.92 Å². The summed E-state index contributed by atoms with van der Waals surface area (Å²) in [6.07, 6.45) is 0. The second kappa shape index (κ2) is 10.5. The van der Waals surface area contributed by atoms with Crippen molar-refractivity contribution < 1.29 is 36.1 Å². The summed E-state index contributed by atoms with van der Waals surface area (Å²) >= 11 is 0. The third-order valence-electron chi connectivity index (χ3n) is 5.40. The highest BCUT2D eigenvalue weighted by Crippen LogP contribution is 2.75. The maximum absolute atomic E-state index is 14.4. The molecule has 3 atom stereocenters. The second-order valence-corrected chi connectivity index (χ2v) is 24.4. The van der Waals surface area contributed by atoms with Crippen LogP contribution < -0.4 is 4.52 Å². The maximum atomic E-state index is 14.4. The first kappa shape index (κ1) is 30.9. The molecule has 202 valence electrons. The Hall–Kier alpha value is -0.286. The van der Waals surface area contributed by atoms with E-state index in [4.69, 9.17) is 26.9 Å². The molecular formula is C23H44O8P2Si2. The highest BCUT2D eigenvalue weighted by atomic mass is 31.2. The number of hydrogen-bond acceptors (Lipinski definition) is 8. The van der Waals surface area contributed by atoms with Crippen molar-refractivity contribution in [3.05, 3.63) is 28.8 Å². The van der Waals surface area contributed by atoms with Gasteiger partial charge in [0.15, 0.2) is 27.3 Å².